The molecule has 0 aliphatic heterocycles. The van der Waals surface area contributed by atoms with Crippen molar-refractivity contribution in [1.29, 1.82) is 0 Å². The Balaban J connectivity index is 2.32. The second-order valence-corrected chi connectivity index (χ2v) is 5.89. The summed E-state index contributed by atoms with van der Waals surface area (Å²) in [4.78, 5) is 4.81. The van der Waals surface area contributed by atoms with Crippen LogP contribution in [0.1, 0.15) is 24.6 Å². The van der Waals surface area contributed by atoms with Crippen molar-refractivity contribution in [3.63, 3.8) is 0 Å². The number of nitrogen functional groups attached to an aromatic ring is 1. The summed E-state index contributed by atoms with van der Waals surface area (Å²) in [5.74, 6) is 0.941. The maximum Gasteiger partial charge on any atom is 0.146 e. The molecule has 0 saturated carbocycles. The first kappa shape index (κ1) is 13.1. The first-order chi connectivity index (χ1) is 9.61. The second kappa shape index (κ2) is 4.90. The van der Waals surface area contributed by atoms with E-state index in [9.17, 15) is 0 Å². The number of nitrogens with zero attached hydrogens (tertiary/aromatic N) is 3. The van der Waals surface area contributed by atoms with Gasteiger partial charge < -0.3 is 10.3 Å². The number of nitrogens with two attached hydrogens (primary N) is 1. The molecule has 0 aliphatic carbocycles. The molecule has 3 aromatic rings. The number of imidazole rings is 1. The summed E-state index contributed by atoms with van der Waals surface area (Å²) >= 11 is 1.34. The quantitative estimate of drug-likeness (QED) is 0.797. The standard InChI is InChI=1S/C15H18N4S/c1-4-7-19-12-6-5-9(2)8-11(12)17-15(19)13-10(3)18-20-14(13)16/h5-6,8H,4,7,16H2,1-3H3. The molecule has 4 nitrogen and oxygen atoms in total. The Hall–Kier alpha value is -1.88. The Morgan fingerprint density at radius 3 is 2.75 bits per heavy atom. The molecule has 0 spiro atoms. The van der Waals surface area contributed by atoms with E-state index in [1.807, 2.05) is 6.92 Å². The highest BCUT2D eigenvalue weighted by molar-refractivity contribution is 7.10. The Labute approximate surface area is 122 Å². The van der Waals surface area contributed by atoms with Gasteiger partial charge in [0.15, 0.2) is 0 Å². The molecule has 0 fully saturated rings. The summed E-state index contributed by atoms with van der Waals surface area (Å²) in [6.07, 6.45) is 1.06. The maximum absolute atomic E-state index is 6.09. The number of benzene rings is 1. The average molecular weight is 286 g/mol. The molecule has 0 bridgehead atoms. The van der Waals surface area contributed by atoms with Gasteiger partial charge in [0.2, 0.25) is 0 Å². The average Bonchev–Trinajstić information content (AvgIpc) is 2.91. The van der Waals surface area contributed by atoms with E-state index >= 15 is 0 Å². The summed E-state index contributed by atoms with van der Waals surface area (Å²) in [6, 6.07) is 6.39. The van der Waals surface area contributed by atoms with E-state index in [1.165, 1.54) is 17.1 Å². The van der Waals surface area contributed by atoms with Gasteiger partial charge in [0.1, 0.15) is 10.8 Å². The van der Waals surface area contributed by atoms with Gasteiger partial charge in [-0.05, 0) is 49.5 Å². The molecule has 1 aromatic carbocycles. The van der Waals surface area contributed by atoms with Crippen LogP contribution < -0.4 is 5.73 Å². The Bertz CT molecular complexity index is 750. The van der Waals surface area contributed by atoms with E-state index < -0.39 is 0 Å². The van der Waals surface area contributed by atoms with Gasteiger partial charge in [-0.15, -0.1) is 0 Å². The summed E-state index contributed by atoms with van der Waals surface area (Å²) in [5, 5.41) is 0.742. The largest absolute Gasteiger partial charge is 0.389 e. The predicted molar refractivity (Wildman–Crippen MR) is 85.0 cm³/mol. The Kier molecular flexibility index (Phi) is 3.22. The molecule has 5 heteroatoms. The third-order valence-corrected chi connectivity index (χ3v) is 4.23. The fourth-order valence-corrected chi connectivity index (χ4v) is 3.20. The zero-order valence-electron chi connectivity index (χ0n) is 12.0. The van der Waals surface area contributed by atoms with E-state index in [2.05, 4.69) is 41.0 Å². The number of fused-ring (bicyclic) bond motifs is 1. The summed E-state index contributed by atoms with van der Waals surface area (Å²) in [7, 11) is 0. The van der Waals surface area contributed by atoms with Crippen LogP contribution in [0.15, 0.2) is 18.2 Å². The molecule has 2 N–H and O–H groups in total. The normalized spacial score (nSPS) is 11.3. The summed E-state index contributed by atoms with van der Waals surface area (Å²) in [6.45, 7) is 7.18. The maximum atomic E-state index is 6.09. The highest BCUT2D eigenvalue weighted by atomic mass is 32.1. The number of anilines is 1. The van der Waals surface area contributed by atoms with Crippen LogP contribution in [0.4, 0.5) is 5.00 Å². The fraction of sp³-hybridized carbons (Fsp3) is 0.333. The minimum Gasteiger partial charge on any atom is -0.389 e. The molecule has 0 saturated heterocycles. The van der Waals surface area contributed by atoms with Crippen LogP contribution in [0.25, 0.3) is 22.4 Å². The monoisotopic (exact) mass is 286 g/mol. The van der Waals surface area contributed by atoms with Crippen LogP contribution in [-0.4, -0.2) is 13.9 Å². The van der Waals surface area contributed by atoms with Crippen molar-refractivity contribution < 1.29 is 0 Å². The predicted octanol–water partition coefficient (Wildman–Crippen LogP) is 3.77. The molecule has 2 aromatic heterocycles. The first-order valence-electron chi connectivity index (χ1n) is 6.80. The van der Waals surface area contributed by atoms with Crippen molar-refractivity contribution in [3.8, 4) is 11.4 Å². The van der Waals surface area contributed by atoms with Gasteiger partial charge in [-0.2, -0.15) is 4.37 Å². The van der Waals surface area contributed by atoms with E-state index in [-0.39, 0.29) is 0 Å². The molecule has 0 atom stereocenters. The van der Waals surface area contributed by atoms with Gasteiger partial charge >= 0.3 is 0 Å². The van der Waals surface area contributed by atoms with Crippen molar-refractivity contribution in [2.24, 2.45) is 0 Å². The summed E-state index contributed by atoms with van der Waals surface area (Å²) < 4.78 is 6.60. The van der Waals surface area contributed by atoms with E-state index in [1.54, 1.807) is 0 Å². The van der Waals surface area contributed by atoms with Crippen molar-refractivity contribution in [1.82, 2.24) is 13.9 Å². The first-order valence-corrected chi connectivity index (χ1v) is 7.58. The molecule has 3 rings (SSSR count). The van der Waals surface area contributed by atoms with Crippen molar-refractivity contribution >= 4 is 27.6 Å². The van der Waals surface area contributed by atoms with Gasteiger partial charge in [0, 0.05) is 6.54 Å². The van der Waals surface area contributed by atoms with Crippen LogP contribution in [-0.2, 0) is 6.54 Å². The smallest absolute Gasteiger partial charge is 0.146 e. The van der Waals surface area contributed by atoms with E-state index in [0.717, 1.165) is 46.1 Å². The number of hydrogen-bond donors (Lipinski definition) is 1. The van der Waals surface area contributed by atoms with E-state index in [4.69, 9.17) is 10.7 Å². The number of hydrogen-bond acceptors (Lipinski definition) is 4. The molecule has 0 radical (unpaired) electrons. The van der Waals surface area contributed by atoms with Crippen LogP contribution in [0.2, 0.25) is 0 Å². The molecule has 0 unspecified atom stereocenters. The van der Waals surface area contributed by atoms with Crippen molar-refractivity contribution in [2.45, 2.75) is 33.7 Å². The van der Waals surface area contributed by atoms with Gasteiger partial charge in [0.05, 0.1) is 22.3 Å². The van der Waals surface area contributed by atoms with Gasteiger partial charge in [-0.25, -0.2) is 4.98 Å². The number of aromatic nitrogens is 3. The lowest BCUT2D eigenvalue weighted by Gasteiger charge is -2.07. The fourth-order valence-electron chi connectivity index (χ4n) is 2.54. The van der Waals surface area contributed by atoms with Crippen LogP contribution >= 0.6 is 11.5 Å². The molecule has 104 valence electrons. The molecule has 0 amide bonds. The van der Waals surface area contributed by atoms with Crippen LogP contribution in [0.3, 0.4) is 0 Å². The number of rotatable bonds is 3. The van der Waals surface area contributed by atoms with Gasteiger partial charge in [-0.1, -0.05) is 13.0 Å². The highest BCUT2D eigenvalue weighted by Crippen LogP contribution is 2.34. The third-order valence-electron chi connectivity index (χ3n) is 3.46. The second-order valence-electron chi connectivity index (χ2n) is 5.09. The lowest BCUT2D eigenvalue weighted by molar-refractivity contribution is 0.704. The minimum absolute atomic E-state index is 0.742. The minimum atomic E-state index is 0.742. The zero-order valence-corrected chi connectivity index (χ0v) is 12.8. The van der Waals surface area contributed by atoms with Gasteiger partial charge in [0.25, 0.3) is 0 Å². The summed E-state index contributed by atoms with van der Waals surface area (Å²) in [5.41, 5.74) is 11.4. The third kappa shape index (κ3) is 1.98. The number of aryl methyl sites for hydroxylation is 3. The SMILES string of the molecule is CCCn1c(-c2c(C)nsc2N)nc2cc(C)ccc21. The van der Waals surface area contributed by atoms with E-state index in [0.29, 0.717) is 0 Å². The van der Waals surface area contributed by atoms with Crippen LogP contribution in [0, 0.1) is 13.8 Å². The lowest BCUT2D eigenvalue weighted by Crippen LogP contribution is -2.01. The molecular weight excluding hydrogens is 268 g/mol. The topological polar surface area (TPSA) is 56.7 Å². The molecule has 2 heterocycles. The Morgan fingerprint density at radius 2 is 2.10 bits per heavy atom. The molecular formula is C15H18N4S. The van der Waals surface area contributed by atoms with Crippen molar-refractivity contribution in [2.75, 3.05) is 5.73 Å². The highest BCUT2D eigenvalue weighted by Gasteiger charge is 2.18. The molecule has 20 heavy (non-hydrogen) atoms. The van der Waals surface area contributed by atoms with Crippen molar-refractivity contribution in [3.05, 3.63) is 29.5 Å². The van der Waals surface area contributed by atoms with Crippen LogP contribution in [0.5, 0.6) is 0 Å². The Morgan fingerprint density at radius 1 is 1.30 bits per heavy atom. The zero-order chi connectivity index (χ0) is 14.3. The lowest BCUT2D eigenvalue weighted by atomic mass is 10.2. The van der Waals surface area contributed by atoms with Gasteiger partial charge in [-0.3, -0.25) is 0 Å². The molecule has 0 aliphatic rings.